The fraction of sp³-hybridized carbons (Fsp3) is 0.143. The SMILES string of the molecule is C[Si]c1ccccc1.O. The summed E-state index contributed by atoms with van der Waals surface area (Å²) in [7, 11) is 0.930. The van der Waals surface area contributed by atoms with Crippen molar-refractivity contribution in [1.82, 2.24) is 0 Å². The first-order valence-electron chi connectivity index (χ1n) is 2.66. The Labute approximate surface area is 57.9 Å². The lowest BCUT2D eigenvalue weighted by molar-refractivity contribution is 0.824. The molecule has 1 nitrogen and oxygen atoms in total. The predicted octanol–water partition coefficient (Wildman–Crippen LogP) is 0.239. The average Bonchev–Trinajstić information content (AvgIpc) is 1.90. The third kappa shape index (κ3) is 2.44. The molecule has 2 radical (unpaired) electrons. The molecule has 0 fully saturated rings. The minimum atomic E-state index is 0. The van der Waals surface area contributed by atoms with Crippen LogP contribution >= 0.6 is 0 Å². The molecule has 0 unspecified atom stereocenters. The highest BCUT2D eigenvalue weighted by Crippen LogP contribution is 1.79. The van der Waals surface area contributed by atoms with Gasteiger partial charge in [-0.2, -0.15) is 0 Å². The van der Waals surface area contributed by atoms with E-state index in [9.17, 15) is 0 Å². The van der Waals surface area contributed by atoms with Crippen LogP contribution in [0, 0.1) is 0 Å². The Kier molecular flexibility index (Phi) is 4.01. The van der Waals surface area contributed by atoms with Crippen LogP contribution in [0.2, 0.25) is 6.55 Å². The maximum Gasteiger partial charge on any atom is 0.0773 e. The molecule has 1 aromatic carbocycles. The molecule has 9 heavy (non-hydrogen) atoms. The fourth-order valence-electron chi connectivity index (χ4n) is 0.605. The summed E-state index contributed by atoms with van der Waals surface area (Å²) in [5.41, 5.74) is 0. The van der Waals surface area contributed by atoms with E-state index in [1.165, 1.54) is 5.19 Å². The van der Waals surface area contributed by atoms with Gasteiger partial charge < -0.3 is 5.48 Å². The van der Waals surface area contributed by atoms with E-state index >= 15 is 0 Å². The first-order valence-corrected chi connectivity index (χ1v) is 4.16. The summed E-state index contributed by atoms with van der Waals surface area (Å²) in [4.78, 5) is 0. The van der Waals surface area contributed by atoms with Gasteiger partial charge in [-0.05, 0) is 0 Å². The number of benzene rings is 1. The van der Waals surface area contributed by atoms with E-state index in [0.29, 0.717) is 0 Å². The first kappa shape index (κ1) is 8.40. The average molecular weight is 138 g/mol. The molecule has 0 saturated carbocycles. The molecule has 0 bridgehead atoms. The quantitative estimate of drug-likeness (QED) is 0.498. The van der Waals surface area contributed by atoms with Crippen molar-refractivity contribution in [3.05, 3.63) is 30.3 Å². The van der Waals surface area contributed by atoms with E-state index in [0.717, 1.165) is 9.52 Å². The summed E-state index contributed by atoms with van der Waals surface area (Å²) in [6.07, 6.45) is 0. The summed E-state index contributed by atoms with van der Waals surface area (Å²) in [6, 6.07) is 10.5. The van der Waals surface area contributed by atoms with E-state index in [2.05, 4.69) is 30.8 Å². The van der Waals surface area contributed by atoms with Crippen molar-refractivity contribution in [2.45, 2.75) is 6.55 Å². The maximum absolute atomic E-state index is 2.19. The van der Waals surface area contributed by atoms with Gasteiger partial charge in [-0.1, -0.05) is 42.1 Å². The van der Waals surface area contributed by atoms with Gasteiger partial charge in [0.05, 0.1) is 9.52 Å². The van der Waals surface area contributed by atoms with Gasteiger partial charge in [-0.15, -0.1) is 0 Å². The van der Waals surface area contributed by atoms with Gasteiger partial charge in [0.25, 0.3) is 0 Å². The number of hydrogen-bond donors (Lipinski definition) is 0. The molecule has 0 aromatic heterocycles. The largest absolute Gasteiger partial charge is 0.412 e. The molecule has 0 saturated heterocycles. The van der Waals surface area contributed by atoms with E-state index in [1.54, 1.807) is 0 Å². The zero-order valence-corrected chi connectivity index (χ0v) is 6.39. The predicted molar refractivity (Wildman–Crippen MR) is 41.3 cm³/mol. The summed E-state index contributed by atoms with van der Waals surface area (Å²) < 4.78 is 0. The highest BCUT2D eigenvalue weighted by Gasteiger charge is 1.81. The van der Waals surface area contributed by atoms with E-state index in [1.807, 2.05) is 6.07 Å². The van der Waals surface area contributed by atoms with Gasteiger partial charge in [-0.25, -0.2) is 0 Å². The van der Waals surface area contributed by atoms with E-state index in [-0.39, 0.29) is 5.48 Å². The Bertz CT molecular complexity index is 150. The molecular weight excluding hydrogens is 128 g/mol. The van der Waals surface area contributed by atoms with Crippen molar-refractivity contribution in [1.29, 1.82) is 0 Å². The molecular formula is C7H10OSi. The number of rotatable bonds is 1. The highest BCUT2D eigenvalue weighted by molar-refractivity contribution is 6.51. The molecule has 0 atom stereocenters. The first-order chi connectivity index (χ1) is 3.93. The van der Waals surface area contributed by atoms with E-state index in [4.69, 9.17) is 0 Å². The van der Waals surface area contributed by atoms with Gasteiger partial charge in [0, 0.05) is 0 Å². The van der Waals surface area contributed by atoms with Crippen molar-refractivity contribution >= 4 is 14.7 Å². The minimum Gasteiger partial charge on any atom is -0.412 e. The molecule has 0 spiro atoms. The van der Waals surface area contributed by atoms with Gasteiger partial charge >= 0.3 is 0 Å². The molecule has 2 N–H and O–H groups in total. The molecule has 1 rings (SSSR count). The van der Waals surface area contributed by atoms with Crippen LogP contribution in [0.5, 0.6) is 0 Å². The van der Waals surface area contributed by atoms with Crippen LogP contribution in [0.25, 0.3) is 0 Å². The van der Waals surface area contributed by atoms with Crippen LogP contribution in [0.15, 0.2) is 30.3 Å². The second-order valence-electron chi connectivity index (χ2n) is 1.62. The highest BCUT2D eigenvalue weighted by atomic mass is 28.2. The minimum absolute atomic E-state index is 0. The van der Waals surface area contributed by atoms with Crippen molar-refractivity contribution in [3.63, 3.8) is 0 Å². The second kappa shape index (κ2) is 4.29. The van der Waals surface area contributed by atoms with Crippen molar-refractivity contribution in [2.24, 2.45) is 0 Å². The van der Waals surface area contributed by atoms with Crippen molar-refractivity contribution in [2.75, 3.05) is 0 Å². The van der Waals surface area contributed by atoms with Crippen LogP contribution in [0.3, 0.4) is 0 Å². The Balaban J connectivity index is 0.000000640. The van der Waals surface area contributed by atoms with Crippen LogP contribution in [-0.4, -0.2) is 15.0 Å². The molecule has 0 heterocycles. The lowest BCUT2D eigenvalue weighted by atomic mass is 10.4. The van der Waals surface area contributed by atoms with Crippen LogP contribution in [0.1, 0.15) is 0 Å². The normalized spacial score (nSPS) is 8.11. The standard InChI is InChI=1S/C7H8Si.H2O/c1-8-7-5-3-2-4-6-7;/h2-6H,1H3;1H2. The smallest absolute Gasteiger partial charge is 0.0773 e. The van der Waals surface area contributed by atoms with Gasteiger partial charge in [0.2, 0.25) is 0 Å². The lowest BCUT2D eigenvalue weighted by Gasteiger charge is -1.88. The van der Waals surface area contributed by atoms with Gasteiger partial charge in [-0.3, -0.25) is 0 Å². The third-order valence-corrected chi connectivity index (χ3v) is 1.97. The second-order valence-corrected chi connectivity index (χ2v) is 2.69. The van der Waals surface area contributed by atoms with Crippen molar-refractivity contribution in [3.8, 4) is 0 Å². The van der Waals surface area contributed by atoms with Crippen LogP contribution in [0.4, 0.5) is 0 Å². The zero-order valence-electron chi connectivity index (χ0n) is 5.39. The summed E-state index contributed by atoms with van der Waals surface area (Å²) in [5, 5.41) is 1.44. The van der Waals surface area contributed by atoms with E-state index < -0.39 is 0 Å². The molecule has 0 amide bonds. The number of hydrogen-bond acceptors (Lipinski definition) is 0. The summed E-state index contributed by atoms with van der Waals surface area (Å²) >= 11 is 0. The Morgan fingerprint density at radius 2 is 1.67 bits per heavy atom. The van der Waals surface area contributed by atoms with Crippen molar-refractivity contribution < 1.29 is 5.48 Å². The third-order valence-electron chi connectivity index (χ3n) is 1.06. The lowest BCUT2D eigenvalue weighted by Crippen LogP contribution is -2.07. The van der Waals surface area contributed by atoms with Crippen LogP contribution < -0.4 is 5.19 Å². The molecule has 0 aliphatic rings. The molecule has 1 aromatic rings. The monoisotopic (exact) mass is 138 g/mol. The summed E-state index contributed by atoms with van der Waals surface area (Å²) in [6.45, 7) is 2.19. The molecule has 0 aliphatic carbocycles. The fourth-order valence-corrected chi connectivity index (χ4v) is 1.13. The molecule has 0 aliphatic heterocycles. The summed E-state index contributed by atoms with van der Waals surface area (Å²) in [5.74, 6) is 0. The topological polar surface area (TPSA) is 31.5 Å². The van der Waals surface area contributed by atoms with Gasteiger partial charge in [0.15, 0.2) is 0 Å². The maximum atomic E-state index is 2.19. The molecule has 48 valence electrons. The van der Waals surface area contributed by atoms with Gasteiger partial charge in [0.1, 0.15) is 0 Å². The van der Waals surface area contributed by atoms with Crippen LogP contribution in [-0.2, 0) is 0 Å². The molecule has 2 heteroatoms. The Hall–Kier alpha value is -0.603. The Morgan fingerprint density at radius 1 is 1.11 bits per heavy atom. The zero-order chi connectivity index (χ0) is 5.82. The Morgan fingerprint density at radius 3 is 2.00 bits per heavy atom.